The summed E-state index contributed by atoms with van der Waals surface area (Å²) >= 11 is 0. The van der Waals surface area contributed by atoms with Crippen molar-refractivity contribution in [2.24, 2.45) is 0 Å². The topological polar surface area (TPSA) is 101 Å². The number of aryl methyl sites for hydroxylation is 3. The van der Waals surface area contributed by atoms with Crippen LogP contribution in [0.1, 0.15) is 57.4 Å². The van der Waals surface area contributed by atoms with Crippen LogP contribution in [0.3, 0.4) is 0 Å². The van der Waals surface area contributed by atoms with Crippen molar-refractivity contribution < 1.29 is 45.8 Å². The predicted octanol–water partition coefficient (Wildman–Crippen LogP) is 6.96. The molecule has 268 valence electrons. The number of fused-ring (bicyclic) bond motifs is 6. The Labute approximate surface area is 288 Å². The number of carboxylic acids is 1. The second-order valence-electron chi connectivity index (χ2n) is 13.1. The molecule has 6 rings (SSSR count). The summed E-state index contributed by atoms with van der Waals surface area (Å²) in [5.41, 5.74) is -1.17. The third-order valence-electron chi connectivity index (χ3n) is 9.18. The zero-order chi connectivity index (χ0) is 36.9. The maximum Gasteiger partial charge on any atom is 0.416 e. The van der Waals surface area contributed by atoms with Crippen molar-refractivity contribution in [3.05, 3.63) is 116 Å². The molecule has 8 nitrogen and oxygen atoms in total. The number of hydrogen-bond donors (Lipinski definition) is 2. The second kappa shape index (κ2) is 13.5. The number of benzene rings is 3. The van der Waals surface area contributed by atoms with E-state index in [1.807, 2.05) is 13.0 Å². The Hall–Kier alpha value is -5.11. The number of nitrogens with zero attached hydrogens (tertiary/aromatic N) is 2. The van der Waals surface area contributed by atoms with E-state index in [2.05, 4.69) is 5.32 Å². The van der Waals surface area contributed by atoms with Crippen LogP contribution >= 0.6 is 0 Å². The minimum atomic E-state index is -4.98. The lowest BCUT2D eigenvalue weighted by molar-refractivity contribution is -0.139. The molecule has 3 aromatic carbocycles. The van der Waals surface area contributed by atoms with Crippen LogP contribution in [0, 0.1) is 32.4 Å². The smallest absolute Gasteiger partial charge is 0.416 e. The molecule has 14 heteroatoms. The molecule has 2 atom stereocenters. The summed E-state index contributed by atoms with van der Waals surface area (Å²) in [6.07, 6.45) is -6.41. The van der Waals surface area contributed by atoms with Gasteiger partial charge in [-0.1, -0.05) is 6.07 Å². The van der Waals surface area contributed by atoms with Gasteiger partial charge in [-0.3, -0.25) is 23.9 Å². The number of ether oxygens (including phenoxy) is 1. The van der Waals surface area contributed by atoms with Gasteiger partial charge in [0.15, 0.2) is 0 Å². The van der Waals surface area contributed by atoms with Crippen LogP contribution in [0.15, 0.2) is 59.5 Å². The number of carbonyl (C=O) groups excluding carboxylic acids is 1. The van der Waals surface area contributed by atoms with Gasteiger partial charge in [-0.15, -0.1) is 0 Å². The summed E-state index contributed by atoms with van der Waals surface area (Å²) in [5, 5.41) is 12.3. The number of likely N-dealkylation sites (tertiary alicyclic amines) is 1. The SMILES string of the molecule is Cc1cc(C)c2c(c1)Oc1ccc(F)c(c1)[C@@H](n1cc(CCN3CC(F)C3)c(C(F)(F)F)cc1=O)C(=O)N[C@@H](CC(=O)O)c1cc-2cc(C)c1F. The van der Waals surface area contributed by atoms with E-state index in [4.69, 9.17) is 4.74 Å². The molecule has 0 unspecified atom stereocenters. The summed E-state index contributed by atoms with van der Waals surface area (Å²) in [6.45, 7) is 5.11. The highest BCUT2D eigenvalue weighted by Crippen LogP contribution is 2.41. The molecule has 0 aliphatic carbocycles. The van der Waals surface area contributed by atoms with Gasteiger partial charge in [0.25, 0.3) is 5.56 Å². The lowest BCUT2D eigenvalue weighted by atomic mass is 9.91. The number of hydrogen-bond acceptors (Lipinski definition) is 5. The molecule has 0 saturated carbocycles. The van der Waals surface area contributed by atoms with Crippen LogP contribution in [0.2, 0.25) is 0 Å². The number of amides is 1. The predicted molar refractivity (Wildman–Crippen MR) is 175 cm³/mol. The van der Waals surface area contributed by atoms with Crippen molar-refractivity contribution in [3.8, 4) is 22.6 Å². The number of halogens is 6. The van der Waals surface area contributed by atoms with Gasteiger partial charge in [0.2, 0.25) is 5.91 Å². The van der Waals surface area contributed by atoms with E-state index in [0.29, 0.717) is 27.3 Å². The van der Waals surface area contributed by atoms with Gasteiger partial charge < -0.3 is 15.2 Å². The molecule has 1 amide bonds. The summed E-state index contributed by atoms with van der Waals surface area (Å²) in [5.74, 6) is -4.20. The van der Waals surface area contributed by atoms with Crippen molar-refractivity contribution in [2.45, 2.75) is 58.0 Å². The third-order valence-corrected chi connectivity index (χ3v) is 9.18. The van der Waals surface area contributed by atoms with Crippen LogP contribution in [-0.4, -0.2) is 52.3 Å². The number of nitrogens with one attached hydrogen (secondary N) is 1. The van der Waals surface area contributed by atoms with Gasteiger partial charge in [-0.25, -0.2) is 13.2 Å². The van der Waals surface area contributed by atoms with Gasteiger partial charge >= 0.3 is 12.1 Å². The molecular weight excluding hydrogens is 680 g/mol. The van der Waals surface area contributed by atoms with E-state index >= 15 is 8.78 Å². The van der Waals surface area contributed by atoms with Gasteiger partial charge in [0, 0.05) is 48.6 Å². The number of carbonyl (C=O) groups is 2. The molecule has 2 aliphatic rings. The van der Waals surface area contributed by atoms with Crippen molar-refractivity contribution in [2.75, 3.05) is 19.6 Å². The van der Waals surface area contributed by atoms with Gasteiger partial charge in [-0.05, 0) is 91.4 Å². The average molecular weight is 714 g/mol. The highest BCUT2D eigenvalue weighted by molar-refractivity contribution is 5.85. The first-order valence-electron chi connectivity index (χ1n) is 16.1. The Kier molecular flexibility index (Phi) is 9.49. The Balaban J connectivity index is 1.59. The summed E-state index contributed by atoms with van der Waals surface area (Å²) in [6, 6.07) is 6.57. The van der Waals surface area contributed by atoms with Crippen molar-refractivity contribution in [3.63, 3.8) is 0 Å². The first kappa shape index (κ1) is 35.7. The molecule has 3 heterocycles. The molecule has 2 aliphatic heterocycles. The van der Waals surface area contributed by atoms with E-state index in [9.17, 15) is 37.1 Å². The molecule has 1 aromatic heterocycles. The average Bonchev–Trinajstić information content (AvgIpc) is 3.01. The summed E-state index contributed by atoms with van der Waals surface area (Å²) in [4.78, 5) is 41.5. The monoisotopic (exact) mass is 713 g/mol. The third kappa shape index (κ3) is 7.23. The van der Waals surface area contributed by atoms with Gasteiger partial charge in [0.1, 0.15) is 35.3 Å². The quantitative estimate of drug-likeness (QED) is 0.210. The normalized spacial score (nSPS) is 18.0. The zero-order valence-electron chi connectivity index (χ0n) is 27.7. The number of aromatic nitrogens is 1. The van der Waals surface area contributed by atoms with E-state index in [1.165, 1.54) is 19.1 Å². The van der Waals surface area contributed by atoms with Crippen molar-refractivity contribution in [1.82, 2.24) is 14.8 Å². The fourth-order valence-electron chi connectivity index (χ4n) is 6.80. The van der Waals surface area contributed by atoms with Crippen LogP contribution in [0.5, 0.6) is 11.5 Å². The Morgan fingerprint density at radius 2 is 1.71 bits per heavy atom. The van der Waals surface area contributed by atoms with E-state index in [0.717, 1.165) is 23.9 Å². The molecule has 51 heavy (non-hydrogen) atoms. The fourth-order valence-corrected chi connectivity index (χ4v) is 6.80. The fraction of sp³-hybridized carbons (Fsp3) is 0.324. The molecule has 4 bridgehead atoms. The first-order chi connectivity index (χ1) is 24.0. The molecule has 1 saturated heterocycles. The standard InChI is InChI=1S/C37H33F6N3O5/c1-18-8-19(2)33-22-10-20(3)34(40)26(11-22)29(14-32(48)49)44-36(50)35(25-12-24(4-5-28(25)39)51-30(33)9-18)46-15-21(6-7-45-16-23(38)17-45)27(13-31(46)47)37(41,42)43/h4-5,8-13,15,23,29,35H,6-7,14,16-17H2,1-3H3,(H,44,50)(H,48,49)/t29-,35+/m0/s1. The molecule has 4 aromatic rings. The molecule has 0 radical (unpaired) electrons. The minimum Gasteiger partial charge on any atom is -0.481 e. The molecule has 1 fully saturated rings. The highest BCUT2D eigenvalue weighted by Gasteiger charge is 2.38. The van der Waals surface area contributed by atoms with Crippen LogP contribution in [-0.2, 0) is 22.2 Å². The lowest BCUT2D eigenvalue weighted by Crippen LogP contribution is -2.49. The number of aliphatic carboxylic acids is 1. The number of alkyl halides is 4. The maximum atomic E-state index is 15.9. The lowest BCUT2D eigenvalue weighted by Gasteiger charge is -2.34. The molecule has 0 spiro atoms. The van der Waals surface area contributed by atoms with Crippen LogP contribution in [0.4, 0.5) is 26.3 Å². The Morgan fingerprint density at radius 1 is 0.980 bits per heavy atom. The number of pyridine rings is 1. The Bertz CT molecular complexity index is 2110. The zero-order valence-corrected chi connectivity index (χ0v) is 27.7. The highest BCUT2D eigenvalue weighted by atomic mass is 19.4. The second-order valence-corrected chi connectivity index (χ2v) is 13.1. The molecule has 2 N–H and O–H groups in total. The van der Waals surface area contributed by atoms with E-state index < -0.39 is 76.6 Å². The van der Waals surface area contributed by atoms with Crippen LogP contribution in [0.25, 0.3) is 11.1 Å². The number of rotatable bonds is 6. The minimum absolute atomic E-state index is 0.00412. The largest absolute Gasteiger partial charge is 0.481 e. The summed E-state index contributed by atoms with van der Waals surface area (Å²) < 4.78 is 94.7. The van der Waals surface area contributed by atoms with Crippen LogP contribution < -0.4 is 15.6 Å². The van der Waals surface area contributed by atoms with Gasteiger partial charge in [-0.2, -0.15) is 13.2 Å². The van der Waals surface area contributed by atoms with Gasteiger partial charge in [0.05, 0.1) is 18.0 Å². The summed E-state index contributed by atoms with van der Waals surface area (Å²) in [7, 11) is 0. The van der Waals surface area contributed by atoms with E-state index in [1.54, 1.807) is 24.0 Å². The number of carboxylic acid groups (broad SMARTS) is 1. The molecular formula is C37H33F6N3O5. The Morgan fingerprint density at radius 3 is 2.37 bits per heavy atom. The first-order valence-corrected chi connectivity index (χ1v) is 16.1. The van der Waals surface area contributed by atoms with Crippen molar-refractivity contribution in [1.29, 1.82) is 0 Å². The van der Waals surface area contributed by atoms with E-state index in [-0.39, 0.29) is 48.7 Å². The van der Waals surface area contributed by atoms with Crippen molar-refractivity contribution >= 4 is 11.9 Å². The maximum absolute atomic E-state index is 15.9.